The van der Waals surface area contributed by atoms with Crippen molar-refractivity contribution in [2.75, 3.05) is 13.1 Å². The summed E-state index contributed by atoms with van der Waals surface area (Å²) in [5.41, 5.74) is 2.26. The van der Waals surface area contributed by atoms with E-state index in [-0.39, 0.29) is 5.91 Å². The molecule has 0 aliphatic carbocycles. The number of carbonyl (C=O) groups is 1. The number of aromatic nitrogens is 1. The maximum atomic E-state index is 11.9. The third-order valence-corrected chi connectivity index (χ3v) is 4.17. The summed E-state index contributed by atoms with van der Waals surface area (Å²) < 4.78 is 0. The summed E-state index contributed by atoms with van der Waals surface area (Å²) >= 11 is 1.46. The summed E-state index contributed by atoms with van der Waals surface area (Å²) in [7, 11) is 0. The Morgan fingerprint density at radius 1 is 1.50 bits per heavy atom. The zero-order valence-corrected chi connectivity index (χ0v) is 9.87. The molecule has 0 spiro atoms. The number of carbonyl (C=O) groups excluding carboxylic acids is 1. The first-order valence-electron chi connectivity index (χ1n) is 5.78. The molecule has 0 saturated carbocycles. The molecule has 2 aliphatic rings. The van der Waals surface area contributed by atoms with Crippen LogP contribution in [0.15, 0.2) is 10.9 Å². The Morgan fingerprint density at radius 3 is 3.25 bits per heavy atom. The van der Waals surface area contributed by atoms with Gasteiger partial charge in [-0.15, -0.1) is 11.3 Å². The van der Waals surface area contributed by atoms with Crippen LogP contribution in [-0.2, 0) is 0 Å². The Bertz CT molecular complexity index is 379. The maximum absolute atomic E-state index is 11.9. The molecule has 0 radical (unpaired) electrons. The average Bonchev–Trinajstić information content (AvgIpc) is 2.94. The van der Waals surface area contributed by atoms with Crippen LogP contribution in [0.2, 0.25) is 0 Å². The molecular formula is C11H15N3OS. The molecule has 4 nitrogen and oxygen atoms in total. The van der Waals surface area contributed by atoms with E-state index in [1.807, 2.05) is 0 Å². The lowest BCUT2D eigenvalue weighted by Gasteiger charge is -2.20. The second kappa shape index (κ2) is 4.14. The lowest BCUT2D eigenvalue weighted by atomic mass is 10.1. The van der Waals surface area contributed by atoms with Gasteiger partial charge in [0.1, 0.15) is 5.69 Å². The van der Waals surface area contributed by atoms with Gasteiger partial charge in [-0.25, -0.2) is 4.98 Å². The van der Waals surface area contributed by atoms with E-state index < -0.39 is 0 Å². The minimum absolute atomic E-state index is 0.0139. The molecule has 2 aliphatic heterocycles. The van der Waals surface area contributed by atoms with E-state index in [4.69, 9.17) is 0 Å². The molecule has 3 rings (SSSR count). The minimum atomic E-state index is -0.0139. The van der Waals surface area contributed by atoms with Crippen molar-refractivity contribution in [2.45, 2.75) is 31.3 Å². The molecule has 1 amide bonds. The molecule has 2 saturated heterocycles. The van der Waals surface area contributed by atoms with Crippen molar-refractivity contribution >= 4 is 17.2 Å². The Morgan fingerprint density at radius 2 is 2.44 bits per heavy atom. The van der Waals surface area contributed by atoms with Crippen molar-refractivity contribution in [2.24, 2.45) is 0 Å². The van der Waals surface area contributed by atoms with E-state index in [1.54, 1.807) is 10.9 Å². The molecule has 2 unspecified atom stereocenters. The van der Waals surface area contributed by atoms with Crippen LogP contribution in [0.5, 0.6) is 0 Å². The van der Waals surface area contributed by atoms with Crippen LogP contribution in [0, 0.1) is 0 Å². The molecule has 1 aromatic rings. The molecule has 86 valence electrons. The normalized spacial score (nSPS) is 29.2. The zero-order valence-electron chi connectivity index (χ0n) is 9.06. The molecule has 16 heavy (non-hydrogen) atoms. The summed E-state index contributed by atoms with van der Waals surface area (Å²) in [4.78, 5) is 18.4. The predicted molar refractivity (Wildman–Crippen MR) is 62.6 cm³/mol. The van der Waals surface area contributed by atoms with Gasteiger partial charge in [0.15, 0.2) is 0 Å². The number of hydrogen-bond acceptors (Lipinski definition) is 4. The van der Waals surface area contributed by atoms with Gasteiger partial charge >= 0.3 is 0 Å². The molecule has 5 heteroatoms. The largest absolute Gasteiger partial charge is 0.346 e. The van der Waals surface area contributed by atoms with Crippen molar-refractivity contribution in [1.29, 1.82) is 0 Å². The van der Waals surface area contributed by atoms with Gasteiger partial charge in [0.2, 0.25) is 0 Å². The van der Waals surface area contributed by atoms with E-state index >= 15 is 0 Å². The second-order valence-corrected chi connectivity index (χ2v) is 5.21. The lowest BCUT2D eigenvalue weighted by Crippen LogP contribution is -2.42. The topological polar surface area (TPSA) is 45.2 Å². The van der Waals surface area contributed by atoms with Crippen LogP contribution >= 0.6 is 11.3 Å². The van der Waals surface area contributed by atoms with Crippen LogP contribution in [0.4, 0.5) is 0 Å². The predicted octanol–water partition coefficient (Wildman–Crippen LogP) is 1.11. The van der Waals surface area contributed by atoms with Crippen molar-refractivity contribution < 1.29 is 4.79 Å². The minimum Gasteiger partial charge on any atom is -0.346 e. The van der Waals surface area contributed by atoms with Crippen LogP contribution in [0.1, 0.15) is 29.8 Å². The number of nitrogens with one attached hydrogen (secondary N) is 1. The third-order valence-electron chi connectivity index (χ3n) is 3.59. The SMILES string of the molecule is O=C(NC1CCN2CCCC12)c1cscn1. The highest BCUT2D eigenvalue weighted by atomic mass is 32.1. The molecule has 3 heterocycles. The van der Waals surface area contributed by atoms with Crippen molar-refractivity contribution in [3.63, 3.8) is 0 Å². The highest BCUT2D eigenvalue weighted by Gasteiger charge is 2.37. The van der Waals surface area contributed by atoms with Gasteiger partial charge in [-0.3, -0.25) is 9.69 Å². The van der Waals surface area contributed by atoms with Crippen LogP contribution in [0.25, 0.3) is 0 Å². The number of nitrogens with zero attached hydrogens (tertiary/aromatic N) is 2. The Balaban J connectivity index is 1.65. The first-order chi connectivity index (χ1) is 7.84. The average molecular weight is 237 g/mol. The van der Waals surface area contributed by atoms with E-state index in [0.717, 1.165) is 13.0 Å². The van der Waals surface area contributed by atoms with Gasteiger partial charge < -0.3 is 5.32 Å². The Kier molecular flexibility index (Phi) is 2.65. The number of amides is 1. The molecule has 0 aromatic carbocycles. The van der Waals surface area contributed by atoms with Gasteiger partial charge in [0.05, 0.1) is 5.51 Å². The van der Waals surface area contributed by atoms with E-state index in [2.05, 4.69) is 15.2 Å². The standard InChI is InChI=1S/C11H15N3OS/c15-11(9-6-16-7-12-9)13-8-3-5-14-4-1-2-10(8)14/h6-8,10H,1-5H2,(H,13,15). The van der Waals surface area contributed by atoms with Crippen LogP contribution < -0.4 is 5.32 Å². The molecule has 0 bridgehead atoms. The van der Waals surface area contributed by atoms with Crippen molar-refractivity contribution in [3.8, 4) is 0 Å². The molecule has 1 aromatic heterocycles. The fourth-order valence-corrected chi connectivity index (χ4v) is 3.35. The number of hydrogen-bond donors (Lipinski definition) is 1. The monoisotopic (exact) mass is 237 g/mol. The van der Waals surface area contributed by atoms with Gasteiger partial charge in [0, 0.05) is 24.0 Å². The summed E-state index contributed by atoms with van der Waals surface area (Å²) in [5, 5.41) is 4.92. The number of fused-ring (bicyclic) bond motifs is 1. The number of rotatable bonds is 2. The number of thiazole rings is 1. The summed E-state index contributed by atoms with van der Waals surface area (Å²) in [6.07, 6.45) is 3.58. The molecule has 2 atom stereocenters. The van der Waals surface area contributed by atoms with Crippen molar-refractivity contribution in [1.82, 2.24) is 15.2 Å². The van der Waals surface area contributed by atoms with Gasteiger partial charge in [-0.05, 0) is 25.8 Å². The van der Waals surface area contributed by atoms with E-state index in [1.165, 1.54) is 30.7 Å². The van der Waals surface area contributed by atoms with Crippen molar-refractivity contribution in [3.05, 3.63) is 16.6 Å². The Labute approximate surface area is 98.7 Å². The van der Waals surface area contributed by atoms with Gasteiger partial charge in [-0.2, -0.15) is 0 Å². The first kappa shape index (κ1) is 10.2. The summed E-state index contributed by atoms with van der Waals surface area (Å²) in [6.45, 7) is 2.33. The fourth-order valence-electron chi connectivity index (χ4n) is 2.82. The van der Waals surface area contributed by atoms with Gasteiger partial charge in [-0.1, -0.05) is 0 Å². The summed E-state index contributed by atoms with van der Waals surface area (Å²) in [6, 6.07) is 0.902. The lowest BCUT2D eigenvalue weighted by molar-refractivity contribution is 0.0925. The molecular weight excluding hydrogens is 222 g/mol. The highest BCUT2D eigenvalue weighted by Crippen LogP contribution is 2.27. The summed E-state index contributed by atoms with van der Waals surface area (Å²) in [5.74, 6) is -0.0139. The first-order valence-corrected chi connectivity index (χ1v) is 6.72. The zero-order chi connectivity index (χ0) is 11.0. The third kappa shape index (κ3) is 1.74. The second-order valence-electron chi connectivity index (χ2n) is 4.49. The maximum Gasteiger partial charge on any atom is 0.271 e. The van der Waals surface area contributed by atoms with E-state index in [0.29, 0.717) is 17.8 Å². The smallest absolute Gasteiger partial charge is 0.271 e. The van der Waals surface area contributed by atoms with Crippen LogP contribution in [-0.4, -0.2) is 41.0 Å². The van der Waals surface area contributed by atoms with Gasteiger partial charge in [0.25, 0.3) is 5.91 Å². The Hall–Kier alpha value is -0.940. The molecule has 2 fully saturated rings. The molecule has 1 N–H and O–H groups in total. The quantitative estimate of drug-likeness (QED) is 0.838. The van der Waals surface area contributed by atoms with E-state index in [9.17, 15) is 4.79 Å². The fraction of sp³-hybridized carbons (Fsp3) is 0.636. The van der Waals surface area contributed by atoms with Crippen LogP contribution in [0.3, 0.4) is 0 Å². The highest BCUT2D eigenvalue weighted by molar-refractivity contribution is 7.07.